The molecular formula is C13H23N3O3. The van der Waals surface area contributed by atoms with Gasteiger partial charge in [-0.2, -0.15) is 0 Å². The number of nitrogens with one attached hydrogen (secondary N) is 2. The Morgan fingerprint density at radius 1 is 1.37 bits per heavy atom. The third-order valence-electron chi connectivity index (χ3n) is 4.03. The molecule has 2 fully saturated rings. The zero-order valence-corrected chi connectivity index (χ0v) is 11.2. The van der Waals surface area contributed by atoms with E-state index >= 15 is 0 Å². The van der Waals surface area contributed by atoms with Crippen molar-refractivity contribution in [3.63, 3.8) is 0 Å². The first-order valence-electron chi connectivity index (χ1n) is 7.10. The van der Waals surface area contributed by atoms with Crippen LogP contribution in [0, 0.1) is 5.92 Å². The molecule has 0 aromatic heterocycles. The number of likely N-dealkylation sites (tertiary alicyclic amines) is 1. The molecule has 0 aromatic rings. The number of carboxylic acids is 1. The summed E-state index contributed by atoms with van der Waals surface area (Å²) in [4.78, 5) is 24.4. The van der Waals surface area contributed by atoms with Crippen molar-refractivity contribution >= 4 is 11.9 Å². The van der Waals surface area contributed by atoms with Crippen LogP contribution in [0.5, 0.6) is 0 Å². The Labute approximate surface area is 113 Å². The normalized spacial score (nSPS) is 26.9. The zero-order valence-electron chi connectivity index (χ0n) is 11.2. The number of carboxylic acid groups (broad SMARTS) is 1. The minimum atomic E-state index is -0.815. The van der Waals surface area contributed by atoms with Gasteiger partial charge in [0.05, 0.1) is 6.54 Å². The molecule has 2 aliphatic heterocycles. The number of carbonyl (C=O) groups excluding carboxylic acids is 1. The molecule has 108 valence electrons. The molecule has 2 rings (SSSR count). The highest BCUT2D eigenvalue weighted by atomic mass is 16.4. The highest BCUT2D eigenvalue weighted by molar-refractivity contribution is 5.78. The summed E-state index contributed by atoms with van der Waals surface area (Å²) in [6.45, 7) is 3.94. The van der Waals surface area contributed by atoms with Crippen molar-refractivity contribution in [3.8, 4) is 0 Å². The van der Waals surface area contributed by atoms with Crippen LogP contribution >= 0.6 is 0 Å². The molecule has 0 aromatic carbocycles. The molecule has 0 bridgehead atoms. The van der Waals surface area contributed by atoms with Crippen LogP contribution in [0.3, 0.4) is 0 Å². The first-order chi connectivity index (χ1) is 9.16. The highest BCUT2D eigenvalue weighted by Crippen LogP contribution is 2.25. The lowest BCUT2D eigenvalue weighted by Crippen LogP contribution is -2.49. The molecule has 0 saturated carbocycles. The van der Waals surface area contributed by atoms with E-state index in [1.165, 1.54) is 6.42 Å². The van der Waals surface area contributed by atoms with E-state index in [2.05, 4.69) is 15.5 Å². The second-order valence-electron chi connectivity index (χ2n) is 5.45. The lowest BCUT2D eigenvalue weighted by atomic mass is 9.92. The van der Waals surface area contributed by atoms with Crippen molar-refractivity contribution in [2.45, 2.75) is 31.7 Å². The van der Waals surface area contributed by atoms with Crippen LogP contribution in [-0.2, 0) is 9.59 Å². The molecule has 0 radical (unpaired) electrons. The van der Waals surface area contributed by atoms with E-state index in [1.807, 2.05) is 0 Å². The fourth-order valence-corrected chi connectivity index (χ4v) is 3.07. The number of carbonyl (C=O) groups is 2. The molecule has 0 spiro atoms. The van der Waals surface area contributed by atoms with Crippen LogP contribution in [0.15, 0.2) is 0 Å². The van der Waals surface area contributed by atoms with Crippen molar-refractivity contribution in [1.82, 2.24) is 15.5 Å². The molecule has 2 unspecified atom stereocenters. The Morgan fingerprint density at radius 3 is 3.00 bits per heavy atom. The van der Waals surface area contributed by atoms with Gasteiger partial charge in [-0.3, -0.25) is 14.5 Å². The quantitative estimate of drug-likeness (QED) is 0.574. The third kappa shape index (κ3) is 4.18. The molecule has 1 amide bonds. The van der Waals surface area contributed by atoms with Crippen LogP contribution in [-0.4, -0.2) is 60.6 Å². The maximum atomic E-state index is 11.8. The van der Waals surface area contributed by atoms with Gasteiger partial charge in [0.1, 0.15) is 0 Å². The van der Waals surface area contributed by atoms with Gasteiger partial charge in [-0.1, -0.05) is 0 Å². The number of rotatable bonds is 6. The van der Waals surface area contributed by atoms with E-state index in [4.69, 9.17) is 5.11 Å². The number of piperidine rings is 1. The van der Waals surface area contributed by atoms with E-state index in [-0.39, 0.29) is 12.3 Å². The summed E-state index contributed by atoms with van der Waals surface area (Å²) in [5, 5.41) is 14.7. The third-order valence-corrected chi connectivity index (χ3v) is 4.03. The molecule has 6 nitrogen and oxygen atoms in total. The van der Waals surface area contributed by atoms with E-state index in [9.17, 15) is 9.59 Å². The first-order valence-corrected chi connectivity index (χ1v) is 7.10. The van der Waals surface area contributed by atoms with Gasteiger partial charge in [0, 0.05) is 25.6 Å². The number of aliphatic carboxylic acids is 1. The molecule has 0 aliphatic carbocycles. The Balaban J connectivity index is 1.68. The minimum Gasteiger partial charge on any atom is -0.481 e. The van der Waals surface area contributed by atoms with Gasteiger partial charge in [0.2, 0.25) is 5.91 Å². The zero-order chi connectivity index (χ0) is 13.7. The van der Waals surface area contributed by atoms with Crippen LogP contribution in [0.2, 0.25) is 0 Å². The number of amides is 1. The molecular weight excluding hydrogens is 246 g/mol. The van der Waals surface area contributed by atoms with Crippen LogP contribution in [0.4, 0.5) is 0 Å². The average molecular weight is 269 g/mol. The molecule has 6 heteroatoms. The van der Waals surface area contributed by atoms with Gasteiger partial charge in [0.15, 0.2) is 0 Å². The van der Waals surface area contributed by atoms with Gasteiger partial charge >= 0.3 is 5.97 Å². The first kappa shape index (κ1) is 14.3. The van der Waals surface area contributed by atoms with Crippen molar-refractivity contribution in [3.05, 3.63) is 0 Å². The standard InChI is InChI=1S/C13H23N3O3/c17-12(15-5-1-4-13(18)19)9-16-6-2-3-10-7-14-8-11(10)16/h10-11,14H,1-9H2,(H,15,17)(H,18,19). The topological polar surface area (TPSA) is 81.7 Å². The summed E-state index contributed by atoms with van der Waals surface area (Å²) >= 11 is 0. The lowest BCUT2D eigenvalue weighted by molar-refractivity contribution is -0.137. The molecule has 2 aliphatic rings. The summed E-state index contributed by atoms with van der Waals surface area (Å²) < 4.78 is 0. The molecule has 3 N–H and O–H groups in total. The van der Waals surface area contributed by atoms with E-state index in [1.54, 1.807) is 0 Å². The molecule has 19 heavy (non-hydrogen) atoms. The van der Waals surface area contributed by atoms with E-state index < -0.39 is 5.97 Å². The predicted octanol–water partition coefficient (Wildman–Crippen LogP) is -0.349. The largest absolute Gasteiger partial charge is 0.481 e. The van der Waals surface area contributed by atoms with Crippen LogP contribution < -0.4 is 10.6 Å². The fourth-order valence-electron chi connectivity index (χ4n) is 3.07. The number of hydrogen-bond donors (Lipinski definition) is 3. The lowest BCUT2D eigenvalue weighted by Gasteiger charge is -2.36. The summed E-state index contributed by atoms with van der Waals surface area (Å²) in [6, 6.07) is 0.499. The van der Waals surface area contributed by atoms with E-state index in [0.717, 1.165) is 26.1 Å². The highest BCUT2D eigenvalue weighted by Gasteiger charge is 2.35. The number of hydrogen-bond acceptors (Lipinski definition) is 4. The predicted molar refractivity (Wildman–Crippen MR) is 70.8 cm³/mol. The second-order valence-corrected chi connectivity index (χ2v) is 5.45. The summed E-state index contributed by atoms with van der Waals surface area (Å²) in [7, 11) is 0. The maximum Gasteiger partial charge on any atom is 0.303 e. The van der Waals surface area contributed by atoms with Crippen molar-refractivity contribution in [2.24, 2.45) is 5.92 Å². The van der Waals surface area contributed by atoms with Crippen LogP contribution in [0.25, 0.3) is 0 Å². The van der Waals surface area contributed by atoms with Gasteiger partial charge in [-0.05, 0) is 38.3 Å². The van der Waals surface area contributed by atoms with Crippen molar-refractivity contribution in [1.29, 1.82) is 0 Å². The fraction of sp³-hybridized carbons (Fsp3) is 0.846. The Hall–Kier alpha value is -1.14. The number of nitrogens with zero attached hydrogens (tertiary/aromatic N) is 1. The molecule has 2 heterocycles. The minimum absolute atomic E-state index is 0.0120. The van der Waals surface area contributed by atoms with Gasteiger partial charge in [0.25, 0.3) is 0 Å². The van der Waals surface area contributed by atoms with Gasteiger partial charge in [-0.15, -0.1) is 0 Å². The Bertz CT molecular complexity index is 335. The molecule has 2 saturated heterocycles. The summed E-state index contributed by atoms with van der Waals surface area (Å²) in [5.41, 5.74) is 0. The number of fused-ring (bicyclic) bond motifs is 1. The maximum absolute atomic E-state index is 11.8. The van der Waals surface area contributed by atoms with Gasteiger partial charge < -0.3 is 15.7 Å². The SMILES string of the molecule is O=C(O)CCCNC(=O)CN1CCCC2CNCC21. The van der Waals surface area contributed by atoms with Crippen LogP contribution in [0.1, 0.15) is 25.7 Å². The summed E-state index contributed by atoms with van der Waals surface area (Å²) in [5.74, 6) is -0.114. The molecule has 2 atom stereocenters. The smallest absolute Gasteiger partial charge is 0.303 e. The second kappa shape index (κ2) is 6.86. The monoisotopic (exact) mass is 269 g/mol. The van der Waals surface area contributed by atoms with Crippen molar-refractivity contribution in [2.75, 3.05) is 32.7 Å². The Kier molecular flexibility index (Phi) is 5.15. The van der Waals surface area contributed by atoms with Gasteiger partial charge in [-0.25, -0.2) is 0 Å². The summed E-state index contributed by atoms with van der Waals surface area (Å²) in [6.07, 6.45) is 3.02. The van der Waals surface area contributed by atoms with Crippen molar-refractivity contribution < 1.29 is 14.7 Å². The average Bonchev–Trinajstić information content (AvgIpc) is 2.84. The van der Waals surface area contributed by atoms with E-state index in [0.29, 0.717) is 31.5 Å². The Morgan fingerprint density at radius 2 is 2.21 bits per heavy atom.